The summed E-state index contributed by atoms with van der Waals surface area (Å²) >= 11 is 0. The van der Waals surface area contributed by atoms with Crippen molar-refractivity contribution in [2.45, 2.75) is 19.5 Å². The minimum Gasteiger partial charge on any atom is -0.273 e. The van der Waals surface area contributed by atoms with Gasteiger partial charge in [0.05, 0.1) is 12.2 Å². The molecule has 0 radical (unpaired) electrons. The van der Waals surface area contributed by atoms with Crippen molar-refractivity contribution in [3.63, 3.8) is 0 Å². The van der Waals surface area contributed by atoms with Crippen molar-refractivity contribution in [3.05, 3.63) is 48.0 Å². The number of hydrogen-bond donors (Lipinski definition) is 2. The van der Waals surface area contributed by atoms with Crippen LogP contribution in [0.1, 0.15) is 24.1 Å². The summed E-state index contributed by atoms with van der Waals surface area (Å²) in [5, 5.41) is 4.23. The smallest absolute Gasteiger partial charge is 0.0755 e. The van der Waals surface area contributed by atoms with Crippen LogP contribution in [0.15, 0.2) is 36.9 Å². The lowest BCUT2D eigenvalue weighted by Gasteiger charge is -2.13. The van der Waals surface area contributed by atoms with Crippen LogP contribution in [-0.4, -0.2) is 14.8 Å². The minimum absolute atomic E-state index is 0.0611. The van der Waals surface area contributed by atoms with Crippen LogP contribution in [-0.2, 0) is 6.54 Å². The Hall–Kier alpha value is -1.72. The fourth-order valence-electron chi connectivity index (χ4n) is 1.63. The molecule has 5 nitrogen and oxygen atoms in total. The maximum atomic E-state index is 5.57. The zero-order valence-corrected chi connectivity index (χ0v) is 9.17. The predicted octanol–water partition coefficient (Wildman–Crippen LogP) is 0.851. The molecule has 2 rings (SSSR count). The first-order valence-electron chi connectivity index (χ1n) is 5.23. The molecule has 1 atom stereocenters. The van der Waals surface area contributed by atoms with Crippen molar-refractivity contribution in [2.75, 3.05) is 0 Å². The van der Waals surface area contributed by atoms with Gasteiger partial charge in [-0.15, -0.1) is 0 Å². The van der Waals surface area contributed by atoms with Crippen molar-refractivity contribution in [1.82, 2.24) is 20.2 Å². The lowest BCUT2D eigenvalue weighted by molar-refractivity contribution is 0.628. The van der Waals surface area contributed by atoms with E-state index in [1.54, 1.807) is 12.4 Å². The summed E-state index contributed by atoms with van der Waals surface area (Å²) in [4.78, 5) is 4.08. The van der Waals surface area contributed by atoms with E-state index in [2.05, 4.69) is 15.5 Å². The highest BCUT2D eigenvalue weighted by molar-refractivity contribution is 5.26. The lowest BCUT2D eigenvalue weighted by Crippen LogP contribution is -2.28. The Labute approximate surface area is 94.3 Å². The number of hydrazine groups is 1. The fourth-order valence-corrected chi connectivity index (χ4v) is 1.63. The average Bonchev–Trinajstić information content (AvgIpc) is 2.80. The van der Waals surface area contributed by atoms with Crippen LogP contribution < -0.4 is 11.3 Å². The van der Waals surface area contributed by atoms with Crippen LogP contribution in [0.25, 0.3) is 0 Å². The van der Waals surface area contributed by atoms with Gasteiger partial charge in [-0.1, -0.05) is 6.07 Å². The Bertz CT molecular complexity index is 437. The number of nitrogens with zero attached hydrogens (tertiary/aromatic N) is 3. The van der Waals surface area contributed by atoms with Crippen LogP contribution in [0.3, 0.4) is 0 Å². The largest absolute Gasteiger partial charge is 0.273 e. The molecule has 0 aliphatic carbocycles. The number of nitrogens with two attached hydrogens (primary N) is 1. The summed E-state index contributed by atoms with van der Waals surface area (Å²) < 4.78 is 1.87. The SMILES string of the molecule is CCn1cc(C(NN)c2cccnc2)cn1. The van der Waals surface area contributed by atoms with Crippen molar-refractivity contribution >= 4 is 0 Å². The molecule has 0 saturated carbocycles. The summed E-state index contributed by atoms with van der Waals surface area (Å²) in [7, 11) is 0. The van der Waals surface area contributed by atoms with Gasteiger partial charge in [-0.3, -0.25) is 15.5 Å². The van der Waals surface area contributed by atoms with Gasteiger partial charge in [0.2, 0.25) is 0 Å². The van der Waals surface area contributed by atoms with E-state index < -0.39 is 0 Å². The maximum absolute atomic E-state index is 5.57. The molecule has 3 N–H and O–H groups in total. The second-order valence-corrected chi connectivity index (χ2v) is 3.52. The van der Waals surface area contributed by atoms with Crippen molar-refractivity contribution in [1.29, 1.82) is 0 Å². The monoisotopic (exact) mass is 217 g/mol. The fraction of sp³-hybridized carbons (Fsp3) is 0.273. The van der Waals surface area contributed by atoms with Gasteiger partial charge in [0, 0.05) is 30.7 Å². The van der Waals surface area contributed by atoms with Gasteiger partial charge >= 0.3 is 0 Å². The number of rotatable bonds is 4. The zero-order chi connectivity index (χ0) is 11.4. The molecule has 2 aromatic rings. The molecule has 0 aromatic carbocycles. The molecule has 0 bridgehead atoms. The van der Waals surface area contributed by atoms with Gasteiger partial charge in [-0.2, -0.15) is 5.10 Å². The Morgan fingerprint density at radius 1 is 1.44 bits per heavy atom. The quantitative estimate of drug-likeness (QED) is 0.588. The Morgan fingerprint density at radius 3 is 2.88 bits per heavy atom. The number of hydrogen-bond acceptors (Lipinski definition) is 4. The van der Waals surface area contributed by atoms with Crippen molar-refractivity contribution in [2.24, 2.45) is 5.84 Å². The van der Waals surface area contributed by atoms with Gasteiger partial charge in [0.1, 0.15) is 0 Å². The summed E-state index contributed by atoms with van der Waals surface area (Å²) in [6, 6.07) is 3.82. The molecule has 0 aliphatic rings. The lowest BCUT2D eigenvalue weighted by atomic mass is 10.0. The molecular formula is C11H15N5. The summed E-state index contributed by atoms with van der Waals surface area (Å²) in [6.45, 7) is 2.90. The molecule has 0 spiro atoms. The van der Waals surface area contributed by atoms with Crippen LogP contribution in [0, 0.1) is 0 Å². The third-order valence-electron chi connectivity index (χ3n) is 2.49. The molecule has 0 saturated heterocycles. The number of aryl methyl sites for hydroxylation is 1. The Balaban J connectivity index is 2.29. The molecule has 2 heterocycles. The van der Waals surface area contributed by atoms with Gasteiger partial charge in [-0.05, 0) is 18.6 Å². The predicted molar refractivity (Wildman–Crippen MR) is 61.3 cm³/mol. The highest BCUT2D eigenvalue weighted by Crippen LogP contribution is 2.19. The third-order valence-corrected chi connectivity index (χ3v) is 2.49. The van der Waals surface area contributed by atoms with Crippen LogP contribution in [0.2, 0.25) is 0 Å². The van der Waals surface area contributed by atoms with Gasteiger partial charge in [0.15, 0.2) is 0 Å². The molecule has 2 aromatic heterocycles. The van der Waals surface area contributed by atoms with Gasteiger partial charge in [0.25, 0.3) is 0 Å². The average molecular weight is 217 g/mol. The van der Waals surface area contributed by atoms with E-state index in [0.29, 0.717) is 0 Å². The van der Waals surface area contributed by atoms with E-state index in [1.807, 2.05) is 36.1 Å². The zero-order valence-electron chi connectivity index (χ0n) is 9.17. The van der Waals surface area contributed by atoms with E-state index in [9.17, 15) is 0 Å². The second-order valence-electron chi connectivity index (χ2n) is 3.52. The highest BCUT2D eigenvalue weighted by Gasteiger charge is 2.13. The first-order valence-corrected chi connectivity index (χ1v) is 5.23. The normalized spacial score (nSPS) is 12.6. The Kier molecular flexibility index (Phi) is 3.28. The van der Waals surface area contributed by atoms with Gasteiger partial charge in [-0.25, -0.2) is 5.43 Å². The van der Waals surface area contributed by atoms with Gasteiger partial charge < -0.3 is 0 Å². The number of nitrogens with one attached hydrogen (secondary N) is 1. The highest BCUT2D eigenvalue weighted by atomic mass is 15.3. The van der Waals surface area contributed by atoms with E-state index in [1.165, 1.54) is 0 Å². The molecule has 1 unspecified atom stereocenters. The number of pyridine rings is 1. The van der Waals surface area contributed by atoms with Crippen LogP contribution in [0.5, 0.6) is 0 Å². The van der Waals surface area contributed by atoms with E-state index in [4.69, 9.17) is 5.84 Å². The molecule has 16 heavy (non-hydrogen) atoms. The van der Waals surface area contributed by atoms with Crippen LogP contribution >= 0.6 is 0 Å². The maximum Gasteiger partial charge on any atom is 0.0755 e. The topological polar surface area (TPSA) is 68.8 Å². The molecular weight excluding hydrogens is 202 g/mol. The molecule has 84 valence electrons. The third kappa shape index (κ3) is 2.10. The number of aromatic nitrogens is 3. The molecule has 0 aliphatic heterocycles. The van der Waals surface area contributed by atoms with E-state index in [-0.39, 0.29) is 6.04 Å². The van der Waals surface area contributed by atoms with E-state index in [0.717, 1.165) is 17.7 Å². The summed E-state index contributed by atoms with van der Waals surface area (Å²) in [6.07, 6.45) is 7.35. The van der Waals surface area contributed by atoms with Crippen molar-refractivity contribution in [3.8, 4) is 0 Å². The van der Waals surface area contributed by atoms with E-state index >= 15 is 0 Å². The molecule has 0 fully saturated rings. The molecule has 0 amide bonds. The summed E-state index contributed by atoms with van der Waals surface area (Å²) in [5.74, 6) is 5.57. The first kappa shape index (κ1) is 10.8. The van der Waals surface area contributed by atoms with Crippen LogP contribution in [0.4, 0.5) is 0 Å². The standard InChI is InChI=1S/C11H15N5/c1-2-16-8-10(7-14-16)11(15-12)9-4-3-5-13-6-9/h3-8,11,15H,2,12H2,1H3. The van der Waals surface area contributed by atoms with Crippen molar-refractivity contribution < 1.29 is 0 Å². The minimum atomic E-state index is -0.0611. The molecule has 5 heteroatoms. The Morgan fingerprint density at radius 2 is 2.31 bits per heavy atom. The summed E-state index contributed by atoms with van der Waals surface area (Å²) in [5.41, 5.74) is 4.85. The second kappa shape index (κ2) is 4.87. The first-order chi connectivity index (χ1) is 7.85.